The van der Waals surface area contributed by atoms with Crippen LogP contribution < -0.4 is 24.7 Å². The minimum atomic E-state index is -0.462. The van der Waals surface area contributed by atoms with Crippen LogP contribution in [-0.2, 0) is 0 Å². The number of rotatable bonds is 7. The second-order valence-electron chi connectivity index (χ2n) is 5.13. The van der Waals surface area contributed by atoms with Crippen LogP contribution in [0.2, 0.25) is 0 Å². The van der Waals surface area contributed by atoms with E-state index in [1.165, 1.54) is 0 Å². The second kappa shape index (κ2) is 7.75. The van der Waals surface area contributed by atoms with Crippen molar-refractivity contribution in [3.63, 3.8) is 0 Å². The molecule has 2 aromatic carbocycles. The van der Waals surface area contributed by atoms with Gasteiger partial charge in [0.1, 0.15) is 12.0 Å². The van der Waals surface area contributed by atoms with Crippen molar-refractivity contribution in [3.8, 4) is 34.1 Å². The molecule has 2 rings (SSSR count). The third-order valence-corrected chi connectivity index (χ3v) is 3.56. The second-order valence-corrected chi connectivity index (χ2v) is 5.13. The summed E-state index contributed by atoms with van der Waals surface area (Å²) < 4.78 is 22.2. The summed E-state index contributed by atoms with van der Waals surface area (Å²) in [4.78, 5) is 0. The monoisotopic (exact) mass is 329 g/mol. The first kappa shape index (κ1) is 17.7. The summed E-state index contributed by atoms with van der Waals surface area (Å²) in [5, 5.41) is 0. The largest absolute Gasteiger partial charge is 0.493 e. The highest BCUT2D eigenvalue weighted by atomic mass is 16.5. The van der Waals surface area contributed by atoms with E-state index in [0.717, 1.165) is 16.7 Å². The molecule has 24 heavy (non-hydrogen) atoms. The number of hydrogen-bond donors (Lipinski definition) is 1. The highest BCUT2D eigenvalue weighted by Crippen LogP contribution is 2.47. The molecule has 0 aliphatic rings. The van der Waals surface area contributed by atoms with Crippen LogP contribution in [-0.4, -0.2) is 27.6 Å². The maximum absolute atomic E-state index is 5.83. The normalized spacial score (nSPS) is 11.5. The summed E-state index contributed by atoms with van der Waals surface area (Å²) in [5.74, 6) is 2.32. The van der Waals surface area contributed by atoms with Gasteiger partial charge in [0.2, 0.25) is 5.75 Å². The SMILES string of the molecule is C=Cc1cccc(-c2ccc(OC)c(OC)c2OC)c1OC(C)N. The van der Waals surface area contributed by atoms with E-state index < -0.39 is 6.23 Å². The quantitative estimate of drug-likeness (QED) is 0.785. The van der Waals surface area contributed by atoms with Gasteiger partial charge in [0.25, 0.3) is 0 Å². The van der Waals surface area contributed by atoms with Crippen LogP contribution in [0.4, 0.5) is 0 Å². The molecule has 0 radical (unpaired) electrons. The van der Waals surface area contributed by atoms with Gasteiger partial charge in [-0.15, -0.1) is 0 Å². The van der Waals surface area contributed by atoms with E-state index in [0.29, 0.717) is 23.0 Å². The molecule has 2 N–H and O–H groups in total. The molecule has 0 bridgehead atoms. The van der Waals surface area contributed by atoms with Gasteiger partial charge >= 0.3 is 0 Å². The highest BCUT2D eigenvalue weighted by molar-refractivity contribution is 5.83. The van der Waals surface area contributed by atoms with Crippen molar-refractivity contribution in [2.45, 2.75) is 13.2 Å². The zero-order valence-electron chi connectivity index (χ0n) is 14.5. The first-order valence-corrected chi connectivity index (χ1v) is 7.54. The predicted octanol–water partition coefficient (Wildman–Crippen LogP) is 3.71. The zero-order chi connectivity index (χ0) is 17.7. The molecular formula is C19H23NO4. The van der Waals surface area contributed by atoms with Crippen molar-refractivity contribution in [3.05, 3.63) is 42.5 Å². The fourth-order valence-corrected chi connectivity index (χ4v) is 2.56. The number of benzene rings is 2. The summed E-state index contributed by atoms with van der Waals surface area (Å²) in [6.45, 7) is 5.61. The van der Waals surface area contributed by atoms with Gasteiger partial charge in [-0.25, -0.2) is 0 Å². The molecule has 2 aromatic rings. The molecular weight excluding hydrogens is 306 g/mol. The van der Waals surface area contributed by atoms with Crippen LogP contribution in [0.3, 0.4) is 0 Å². The molecule has 0 aromatic heterocycles. The van der Waals surface area contributed by atoms with Crippen molar-refractivity contribution in [2.75, 3.05) is 21.3 Å². The number of methoxy groups -OCH3 is 3. The van der Waals surface area contributed by atoms with Gasteiger partial charge in [-0.1, -0.05) is 30.9 Å². The molecule has 0 saturated heterocycles. The molecule has 0 spiro atoms. The molecule has 1 atom stereocenters. The van der Waals surface area contributed by atoms with Crippen LogP contribution >= 0.6 is 0 Å². The summed E-state index contributed by atoms with van der Waals surface area (Å²) in [5.41, 5.74) is 8.33. The average Bonchev–Trinajstić information content (AvgIpc) is 2.59. The topological polar surface area (TPSA) is 62.9 Å². The molecule has 0 saturated carbocycles. The van der Waals surface area contributed by atoms with Crippen molar-refractivity contribution in [1.82, 2.24) is 0 Å². The van der Waals surface area contributed by atoms with E-state index in [9.17, 15) is 0 Å². The Bertz CT molecular complexity index is 726. The van der Waals surface area contributed by atoms with Crippen LogP contribution in [0.5, 0.6) is 23.0 Å². The van der Waals surface area contributed by atoms with Gasteiger partial charge in [-0.3, -0.25) is 5.73 Å². The van der Waals surface area contributed by atoms with E-state index in [1.807, 2.05) is 30.3 Å². The Morgan fingerprint density at radius 2 is 1.58 bits per heavy atom. The number of hydrogen-bond acceptors (Lipinski definition) is 5. The van der Waals surface area contributed by atoms with Crippen molar-refractivity contribution >= 4 is 6.08 Å². The average molecular weight is 329 g/mol. The summed E-state index contributed by atoms with van der Waals surface area (Å²) in [7, 11) is 4.74. The summed E-state index contributed by atoms with van der Waals surface area (Å²) in [6.07, 6.45) is 1.27. The van der Waals surface area contributed by atoms with E-state index in [-0.39, 0.29) is 0 Å². The standard InChI is InChI=1S/C19H23NO4/c1-6-13-8-7-9-14(17(13)24-12(2)20)15-10-11-16(21-3)19(23-5)18(15)22-4/h6-12H,1,20H2,2-5H3. The lowest BCUT2D eigenvalue weighted by Crippen LogP contribution is -2.23. The van der Waals surface area contributed by atoms with Crippen molar-refractivity contribution in [1.29, 1.82) is 0 Å². The van der Waals surface area contributed by atoms with Gasteiger partial charge in [0.05, 0.1) is 21.3 Å². The Hall–Kier alpha value is -2.66. The Morgan fingerprint density at radius 1 is 0.917 bits per heavy atom. The van der Waals surface area contributed by atoms with E-state index in [1.54, 1.807) is 34.3 Å². The number of ether oxygens (including phenoxy) is 4. The first-order chi connectivity index (χ1) is 11.6. The van der Waals surface area contributed by atoms with Gasteiger partial charge in [0.15, 0.2) is 11.5 Å². The minimum Gasteiger partial charge on any atom is -0.493 e. The number of nitrogens with two attached hydrogens (primary N) is 1. The van der Waals surface area contributed by atoms with Crippen LogP contribution in [0, 0.1) is 0 Å². The lowest BCUT2D eigenvalue weighted by molar-refractivity contribution is 0.230. The molecule has 0 aliphatic heterocycles. The van der Waals surface area contributed by atoms with Crippen LogP contribution in [0.1, 0.15) is 12.5 Å². The van der Waals surface area contributed by atoms with E-state index in [4.69, 9.17) is 24.7 Å². The Kier molecular flexibility index (Phi) is 5.71. The third-order valence-electron chi connectivity index (χ3n) is 3.56. The molecule has 0 aliphatic carbocycles. The van der Waals surface area contributed by atoms with Crippen molar-refractivity contribution in [2.24, 2.45) is 5.73 Å². The van der Waals surface area contributed by atoms with Gasteiger partial charge in [-0.2, -0.15) is 0 Å². The molecule has 0 amide bonds. The van der Waals surface area contributed by atoms with E-state index >= 15 is 0 Å². The van der Waals surface area contributed by atoms with Gasteiger partial charge in [-0.05, 0) is 19.1 Å². The Morgan fingerprint density at radius 3 is 2.12 bits per heavy atom. The van der Waals surface area contributed by atoms with Gasteiger partial charge in [0, 0.05) is 16.7 Å². The fourth-order valence-electron chi connectivity index (χ4n) is 2.56. The number of para-hydroxylation sites is 1. The maximum atomic E-state index is 5.83. The third kappa shape index (κ3) is 3.31. The van der Waals surface area contributed by atoms with E-state index in [2.05, 4.69) is 6.58 Å². The lowest BCUT2D eigenvalue weighted by Gasteiger charge is -2.20. The summed E-state index contributed by atoms with van der Waals surface area (Å²) >= 11 is 0. The molecule has 0 fully saturated rings. The molecule has 5 heteroatoms. The molecule has 5 nitrogen and oxygen atoms in total. The smallest absolute Gasteiger partial charge is 0.203 e. The fraction of sp³-hybridized carbons (Fsp3) is 0.263. The maximum Gasteiger partial charge on any atom is 0.203 e. The molecule has 0 heterocycles. The zero-order valence-corrected chi connectivity index (χ0v) is 14.5. The highest BCUT2D eigenvalue weighted by Gasteiger charge is 2.21. The minimum absolute atomic E-state index is 0.462. The lowest BCUT2D eigenvalue weighted by atomic mass is 9.99. The van der Waals surface area contributed by atoms with Crippen LogP contribution in [0.25, 0.3) is 17.2 Å². The van der Waals surface area contributed by atoms with Crippen LogP contribution in [0.15, 0.2) is 36.9 Å². The van der Waals surface area contributed by atoms with Crippen molar-refractivity contribution < 1.29 is 18.9 Å². The Balaban J connectivity index is 2.74. The van der Waals surface area contributed by atoms with Gasteiger partial charge < -0.3 is 18.9 Å². The molecule has 128 valence electrons. The Labute approximate surface area is 142 Å². The summed E-state index contributed by atoms with van der Waals surface area (Å²) in [6, 6.07) is 9.51. The molecule has 1 unspecified atom stereocenters. The predicted molar refractivity (Wildman–Crippen MR) is 95.9 cm³/mol. The first-order valence-electron chi connectivity index (χ1n) is 7.54.